The molecule has 4 rings (SSSR count). The summed E-state index contributed by atoms with van der Waals surface area (Å²) >= 11 is 0. The quantitative estimate of drug-likeness (QED) is 0.486. The van der Waals surface area contributed by atoms with E-state index in [9.17, 15) is 8.42 Å². The van der Waals surface area contributed by atoms with E-state index in [1.54, 1.807) is 12.1 Å². The lowest BCUT2D eigenvalue weighted by Gasteiger charge is -2.14. The van der Waals surface area contributed by atoms with Crippen LogP contribution in [-0.2, 0) is 9.84 Å². The van der Waals surface area contributed by atoms with Crippen molar-refractivity contribution in [3.63, 3.8) is 0 Å². The number of hydrogen-bond acceptors (Lipinski definition) is 3. The lowest BCUT2D eigenvalue weighted by molar-refractivity contribution is 0.596. The maximum Gasteiger partial charge on any atom is 0.208 e. The van der Waals surface area contributed by atoms with Crippen LogP contribution in [0.2, 0.25) is 0 Å². The molecule has 0 radical (unpaired) electrons. The highest BCUT2D eigenvalue weighted by Crippen LogP contribution is 2.36. The van der Waals surface area contributed by atoms with E-state index in [0.717, 1.165) is 27.6 Å². The fraction of sp³-hybridized carbons (Fsp3) is 0.0870. The van der Waals surface area contributed by atoms with Crippen LogP contribution in [0, 0.1) is 13.8 Å². The molecule has 4 aromatic rings. The van der Waals surface area contributed by atoms with Gasteiger partial charge in [0.15, 0.2) is 0 Å². The molecular formula is C23H19NO2S. The molecule has 0 fully saturated rings. The van der Waals surface area contributed by atoms with Crippen molar-refractivity contribution in [2.45, 2.75) is 23.6 Å². The maximum atomic E-state index is 13.4. The van der Waals surface area contributed by atoms with Gasteiger partial charge in [0.05, 0.1) is 15.3 Å². The molecule has 0 aliphatic heterocycles. The molecule has 27 heavy (non-hydrogen) atoms. The number of nitrogens with zero attached hydrogens (tertiary/aromatic N) is 1. The molecule has 3 aromatic carbocycles. The summed E-state index contributed by atoms with van der Waals surface area (Å²) in [5, 5.41) is 0.842. The molecule has 1 aromatic heterocycles. The fourth-order valence-electron chi connectivity index (χ4n) is 3.24. The van der Waals surface area contributed by atoms with Gasteiger partial charge in [0.1, 0.15) is 0 Å². The number of fused-ring (bicyclic) bond motifs is 1. The monoisotopic (exact) mass is 373 g/mol. The van der Waals surface area contributed by atoms with Crippen molar-refractivity contribution in [3.05, 3.63) is 90.1 Å². The summed E-state index contributed by atoms with van der Waals surface area (Å²) in [6.07, 6.45) is 1.48. The van der Waals surface area contributed by atoms with Gasteiger partial charge >= 0.3 is 0 Å². The number of aryl methyl sites for hydroxylation is 2. The van der Waals surface area contributed by atoms with Crippen molar-refractivity contribution in [1.82, 2.24) is 4.98 Å². The molecule has 0 aliphatic rings. The van der Waals surface area contributed by atoms with Gasteiger partial charge in [0, 0.05) is 17.1 Å². The lowest BCUT2D eigenvalue weighted by Crippen LogP contribution is -2.05. The van der Waals surface area contributed by atoms with Gasteiger partial charge in [-0.3, -0.25) is 4.98 Å². The summed E-state index contributed by atoms with van der Waals surface area (Å²) in [4.78, 5) is 4.95. The molecule has 3 nitrogen and oxygen atoms in total. The van der Waals surface area contributed by atoms with E-state index in [0.29, 0.717) is 5.56 Å². The van der Waals surface area contributed by atoms with Crippen LogP contribution in [0.1, 0.15) is 11.1 Å². The van der Waals surface area contributed by atoms with E-state index in [4.69, 9.17) is 0 Å². The molecule has 134 valence electrons. The second-order valence-electron chi connectivity index (χ2n) is 6.70. The minimum Gasteiger partial charge on any atom is -0.255 e. The van der Waals surface area contributed by atoms with Crippen molar-refractivity contribution < 1.29 is 8.42 Å². The van der Waals surface area contributed by atoms with Crippen LogP contribution in [0.5, 0.6) is 0 Å². The Balaban J connectivity index is 2.08. The predicted molar refractivity (Wildman–Crippen MR) is 109 cm³/mol. The molecule has 0 unspecified atom stereocenters. The highest BCUT2D eigenvalue weighted by Gasteiger charge is 2.24. The van der Waals surface area contributed by atoms with Crippen molar-refractivity contribution in [2.24, 2.45) is 0 Å². The van der Waals surface area contributed by atoms with E-state index < -0.39 is 9.84 Å². The Bertz CT molecular complexity index is 1230. The first-order valence-electron chi connectivity index (χ1n) is 8.73. The van der Waals surface area contributed by atoms with Gasteiger partial charge in [0.25, 0.3) is 0 Å². The summed E-state index contributed by atoms with van der Waals surface area (Å²) in [6, 6.07) is 22.5. The van der Waals surface area contributed by atoms with Gasteiger partial charge < -0.3 is 0 Å². The van der Waals surface area contributed by atoms with Gasteiger partial charge in [-0.1, -0.05) is 59.7 Å². The molecule has 0 saturated carbocycles. The Hall–Kier alpha value is -2.98. The topological polar surface area (TPSA) is 47.0 Å². The minimum absolute atomic E-state index is 0.232. The van der Waals surface area contributed by atoms with Gasteiger partial charge in [-0.05, 0) is 43.7 Å². The van der Waals surface area contributed by atoms with E-state index in [-0.39, 0.29) is 9.79 Å². The van der Waals surface area contributed by atoms with Crippen molar-refractivity contribution >= 4 is 20.7 Å². The van der Waals surface area contributed by atoms with Crippen LogP contribution in [0.3, 0.4) is 0 Å². The van der Waals surface area contributed by atoms with Gasteiger partial charge in [0.2, 0.25) is 9.84 Å². The summed E-state index contributed by atoms with van der Waals surface area (Å²) in [5.74, 6) is 0. The minimum atomic E-state index is -3.70. The van der Waals surface area contributed by atoms with E-state index in [1.807, 2.05) is 74.5 Å². The Kier molecular flexibility index (Phi) is 4.28. The molecule has 0 N–H and O–H groups in total. The molecule has 0 spiro atoms. The van der Waals surface area contributed by atoms with Crippen LogP contribution in [0.25, 0.3) is 22.0 Å². The maximum absolute atomic E-state index is 13.4. The molecule has 0 atom stereocenters. The zero-order valence-corrected chi connectivity index (χ0v) is 16.0. The average Bonchev–Trinajstić information content (AvgIpc) is 2.68. The summed E-state index contributed by atoms with van der Waals surface area (Å²) < 4.78 is 26.9. The second kappa shape index (κ2) is 6.63. The SMILES string of the molecule is Cc1ccc(S(=O)(=O)c2cnc3ccc(C)cc3c2-c2ccccc2)cc1. The standard InChI is InChI=1S/C23H19NO2S/c1-16-8-11-19(12-9-16)27(25,26)22-15-24-21-13-10-17(2)14-20(21)23(22)18-6-4-3-5-7-18/h3-15H,1-2H3. The van der Waals surface area contributed by atoms with Crippen LogP contribution in [-0.4, -0.2) is 13.4 Å². The molecule has 4 heteroatoms. The third-order valence-electron chi connectivity index (χ3n) is 4.67. The Morgan fingerprint density at radius 1 is 0.778 bits per heavy atom. The molecule has 0 bridgehead atoms. The van der Waals surface area contributed by atoms with Crippen molar-refractivity contribution in [2.75, 3.05) is 0 Å². The summed E-state index contributed by atoms with van der Waals surface area (Å²) in [5.41, 5.74) is 4.42. The first kappa shape index (κ1) is 17.4. The first-order chi connectivity index (χ1) is 13.0. The van der Waals surface area contributed by atoms with Gasteiger partial charge in [-0.15, -0.1) is 0 Å². The largest absolute Gasteiger partial charge is 0.255 e. The molecule has 1 heterocycles. The Morgan fingerprint density at radius 3 is 2.15 bits per heavy atom. The summed E-state index contributed by atoms with van der Waals surface area (Å²) in [6.45, 7) is 3.93. The number of rotatable bonds is 3. The zero-order chi connectivity index (χ0) is 19.0. The zero-order valence-electron chi connectivity index (χ0n) is 15.2. The Labute approximate surface area is 159 Å². The molecular weight excluding hydrogens is 354 g/mol. The van der Waals surface area contributed by atoms with Crippen LogP contribution in [0.15, 0.2) is 88.8 Å². The van der Waals surface area contributed by atoms with E-state index in [2.05, 4.69) is 4.98 Å². The predicted octanol–water partition coefficient (Wildman–Crippen LogP) is 5.35. The smallest absolute Gasteiger partial charge is 0.208 e. The Morgan fingerprint density at radius 2 is 1.44 bits per heavy atom. The van der Waals surface area contributed by atoms with Crippen LogP contribution in [0.4, 0.5) is 0 Å². The molecule has 0 saturated heterocycles. The van der Waals surface area contributed by atoms with Crippen molar-refractivity contribution in [3.8, 4) is 11.1 Å². The fourth-order valence-corrected chi connectivity index (χ4v) is 4.68. The molecule has 0 amide bonds. The number of pyridine rings is 1. The number of aromatic nitrogens is 1. The number of sulfone groups is 1. The number of benzene rings is 3. The third-order valence-corrected chi connectivity index (χ3v) is 6.45. The van der Waals surface area contributed by atoms with Gasteiger partial charge in [-0.2, -0.15) is 0 Å². The molecule has 0 aliphatic carbocycles. The third kappa shape index (κ3) is 3.13. The second-order valence-corrected chi connectivity index (χ2v) is 8.62. The highest BCUT2D eigenvalue weighted by atomic mass is 32.2. The first-order valence-corrected chi connectivity index (χ1v) is 10.2. The van der Waals surface area contributed by atoms with Crippen LogP contribution >= 0.6 is 0 Å². The van der Waals surface area contributed by atoms with Crippen molar-refractivity contribution in [1.29, 1.82) is 0 Å². The van der Waals surface area contributed by atoms with Gasteiger partial charge in [-0.25, -0.2) is 8.42 Å². The average molecular weight is 373 g/mol. The van der Waals surface area contributed by atoms with E-state index >= 15 is 0 Å². The number of hydrogen-bond donors (Lipinski definition) is 0. The highest BCUT2D eigenvalue weighted by molar-refractivity contribution is 7.91. The lowest BCUT2D eigenvalue weighted by atomic mass is 10.00. The summed E-state index contributed by atoms with van der Waals surface area (Å²) in [7, 11) is -3.70. The normalized spacial score (nSPS) is 11.6. The van der Waals surface area contributed by atoms with E-state index in [1.165, 1.54) is 6.20 Å². The van der Waals surface area contributed by atoms with Crippen LogP contribution < -0.4 is 0 Å².